The van der Waals surface area contributed by atoms with Gasteiger partial charge in [0.1, 0.15) is 15.6 Å². The van der Waals surface area contributed by atoms with E-state index >= 15 is 0 Å². The molecule has 102 valence electrons. The summed E-state index contributed by atoms with van der Waals surface area (Å²) in [7, 11) is -3.15. The quantitative estimate of drug-likeness (QED) is 0.475. The molecule has 1 aromatic rings. The molecule has 0 saturated heterocycles. The first-order valence-electron chi connectivity index (χ1n) is 5.51. The normalized spacial score (nSPS) is 11.8. The highest BCUT2D eigenvalue weighted by molar-refractivity contribution is 7.90. The van der Waals surface area contributed by atoms with Gasteiger partial charge in [-0.3, -0.25) is 10.2 Å². The number of nitrogens with one attached hydrogen (secondary N) is 1. The van der Waals surface area contributed by atoms with Gasteiger partial charge < -0.3 is 0 Å². The largest absolute Gasteiger partial charge is 0.289 e. The van der Waals surface area contributed by atoms with Gasteiger partial charge in [-0.25, -0.2) is 19.2 Å². The molecular weight excluding hydrogens is 274 g/mol. The van der Waals surface area contributed by atoms with Crippen LogP contribution in [0, 0.1) is 0 Å². The van der Waals surface area contributed by atoms with Crippen LogP contribution in [0.5, 0.6) is 0 Å². The number of aromatic nitrogens is 1. The lowest BCUT2D eigenvalue weighted by Crippen LogP contribution is -2.30. The predicted molar refractivity (Wildman–Crippen MR) is 71.0 cm³/mol. The van der Waals surface area contributed by atoms with Crippen LogP contribution in [0.2, 0.25) is 0 Å². The molecule has 1 aromatic heterocycles. The number of hydrogen-bond acceptors (Lipinski definition) is 6. The monoisotopic (exact) mass is 291 g/mol. The lowest BCUT2D eigenvalue weighted by molar-refractivity contribution is 0.0956. The summed E-state index contributed by atoms with van der Waals surface area (Å²) in [5.74, 6) is 4.62. The van der Waals surface area contributed by atoms with Gasteiger partial charge >= 0.3 is 0 Å². The summed E-state index contributed by atoms with van der Waals surface area (Å²) in [4.78, 5) is 16.2. The molecule has 0 fully saturated rings. The number of hydrogen-bond donors (Lipinski definition) is 2. The lowest BCUT2D eigenvalue weighted by atomic mass is 10.1. The van der Waals surface area contributed by atoms with Crippen molar-refractivity contribution in [1.82, 2.24) is 10.4 Å². The van der Waals surface area contributed by atoms with Crippen molar-refractivity contribution in [2.75, 3.05) is 5.75 Å². The first kappa shape index (κ1) is 15.1. The summed E-state index contributed by atoms with van der Waals surface area (Å²) in [6.07, 6.45) is 0. The molecular formula is C10H17N3O3S2. The number of sulfone groups is 1. The molecule has 0 saturated carbocycles. The number of rotatable bonds is 5. The summed E-state index contributed by atoms with van der Waals surface area (Å²) >= 11 is 1.08. The molecule has 0 bridgehead atoms. The molecule has 0 aliphatic rings. The summed E-state index contributed by atoms with van der Waals surface area (Å²) in [5, 5.41) is 0.430. The van der Waals surface area contributed by atoms with Gasteiger partial charge in [0.15, 0.2) is 9.84 Å². The lowest BCUT2D eigenvalue weighted by Gasteiger charge is -2.02. The second kappa shape index (κ2) is 5.77. The van der Waals surface area contributed by atoms with Crippen LogP contribution in [0.15, 0.2) is 0 Å². The summed E-state index contributed by atoms with van der Waals surface area (Å²) < 4.78 is 23.1. The summed E-state index contributed by atoms with van der Waals surface area (Å²) in [6.45, 7) is 5.36. The van der Waals surface area contributed by atoms with Crippen molar-refractivity contribution >= 4 is 27.1 Å². The molecule has 0 radical (unpaired) electrons. The van der Waals surface area contributed by atoms with Crippen LogP contribution in [0.25, 0.3) is 0 Å². The van der Waals surface area contributed by atoms with Crippen LogP contribution in [0.4, 0.5) is 0 Å². The van der Waals surface area contributed by atoms with E-state index in [9.17, 15) is 13.2 Å². The number of nitrogens with two attached hydrogens (primary N) is 1. The molecule has 6 nitrogen and oxygen atoms in total. The van der Waals surface area contributed by atoms with Crippen LogP contribution < -0.4 is 11.3 Å². The Bertz CT molecular complexity index is 535. The Morgan fingerprint density at radius 2 is 2.11 bits per heavy atom. The summed E-state index contributed by atoms with van der Waals surface area (Å²) in [6, 6.07) is 0. The van der Waals surface area contributed by atoms with Crippen LogP contribution in [-0.4, -0.2) is 25.1 Å². The molecule has 1 amide bonds. The second-order valence-electron chi connectivity index (χ2n) is 4.13. The highest BCUT2D eigenvalue weighted by atomic mass is 32.2. The third kappa shape index (κ3) is 3.50. The van der Waals surface area contributed by atoms with Gasteiger partial charge in [0.2, 0.25) is 0 Å². The van der Waals surface area contributed by atoms with E-state index in [-0.39, 0.29) is 17.4 Å². The SMILES string of the molecule is CCS(=O)(=O)Cc1nc(C(C)C)c(C(=O)NN)s1. The zero-order valence-electron chi connectivity index (χ0n) is 10.6. The Labute approximate surface area is 110 Å². The molecule has 0 aromatic carbocycles. The third-order valence-electron chi connectivity index (χ3n) is 2.37. The molecule has 0 unspecified atom stereocenters. The number of amides is 1. The topological polar surface area (TPSA) is 102 Å². The van der Waals surface area contributed by atoms with Crippen molar-refractivity contribution in [3.8, 4) is 0 Å². The van der Waals surface area contributed by atoms with Gasteiger partial charge in [0.05, 0.1) is 5.69 Å². The Kier molecular flexibility index (Phi) is 4.83. The fourth-order valence-corrected chi connectivity index (χ4v) is 3.69. The van der Waals surface area contributed by atoms with E-state index in [4.69, 9.17) is 5.84 Å². The Morgan fingerprint density at radius 3 is 2.56 bits per heavy atom. The first-order chi connectivity index (χ1) is 8.30. The molecule has 1 rings (SSSR count). The summed E-state index contributed by atoms with van der Waals surface area (Å²) in [5.41, 5.74) is 2.64. The molecule has 1 heterocycles. The first-order valence-corrected chi connectivity index (χ1v) is 8.15. The van der Waals surface area contributed by atoms with Crippen LogP contribution in [0.1, 0.15) is 47.1 Å². The van der Waals surface area contributed by atoms with E-state index < -0.39 is 15.7 Å². The zero-order valence-corrected chi connectivity index (χ0v) is 12.2. The second-order valence-corrected chi connectivity index (χ2v) is 7.56. The van der Waals surface area contributed by atoms with Crippen molar-refractivity contribution in [1.29, 1.82) is 0 Å². The van der Waals surface area contributed by atoms with E-state index in [0.717, 1.165) is 11.3 Å². The molecule has 8 heteroatoms. The number of carbonyl (C=O) groups is 1. The maximum atomic E-state index is 11.6. The van der Waals surface area contributed by atoms with E-state index in [1.807, 2.05) is 19.3 Å². The zero-order chi connectivity index (χ0) is 13.9. The molecule has 18 heavy (non-hydrogen) atoms. The highest BCUT2D eigenvalue weighted by Gasteiger charge is 2.22. The fraction of sp³-hybridized carbons (Fsp3) is 0.600. The van der Waals surface area contributed by atoms with Crippen LogP contribution >= 0.6 is 11.3 Å². The average Bonchev–Trinajstić information content (AvgIpc) is 2.71. The van der Waals surface area contributed by atoms with Crippen LogP contribution in [-0.2, 0) is 15.6 Å². The van der Waals surface area contributed by atoms with E-state index in [0.29, 0.717) is 15.6 Å². The third-order valence-corrected chi connectivity index (χ3v) is 5.21. The highest BCUT2D eigenvalue weighted by Crippen LogP contribution is 2.26. The van der Waals surface area contributed by atoms with Gasteiger partial charge in [-0.15, -0.1) is 11.3 Å². The van der Waals surface area contributed by atoms with Crippen molar-refractivity contribution in [2.45, 2.75) is 32.4 Å². The van der Waals surface area contributed by atoms with Gasteiger partial charge in [-0.05, 0) is 5.92 Å². The van der Waals surface area contributed by atoms with Crippen molar-refractivity contribution in [3.63, 3.8) is 0 Å². The minimum atomic E-state index is -3.15. The molecule has 0 atom stereocenters. The van der Waals surface area contributed by atoms with E-state index in [2.05, 4.69) is 4.98 Å². The molecule has 0 aliphatic heterocycles. The average molecular weight is 291 g/mol. The smallest absolute Gasteiger partial charge is 0.277 e. The molecule has 3 N–H and O–H groups in total. The minimum Gasteiger partial charge on any atom is -0.289 e. The number of thiazole rings is 1. The van der Waals surface area contributed by atoms with Gasteiger partial charge in [0, 0.05) is 5.75 Å². The molecule has 0 spiro atoms. The van der Waals surface area contributed by atoms with Crippen molar-refractivity contribution in [2.24, 2.45) is 5.84 Å². The van der Waals surface area contributed by atoms with Crippen molar-refractivity contribution < 1.29 is 13.2 Å². The maximum absolute atomic E-state index is 11.6. The maximum Gasteiger partial charge on any atom is 0.277 e. The molecule has 0 aliphatic carbocycles. The van der Waals surface area contributed by atoms with Gasteiger partial charge in [-0.1, -0.05) is 20.8 Å². The van der Waals surface area contributed by atoms with Gasteiger partial charge in [-0.2, -0.15) is 0 Å². The minimum absolute atomic E-state index is 0.0339. The van der Waals surface area contributed by atoms with E-state index in [1.54, 1.807) is 6.92 Å². The number of hydrazine groups is 1. The van der Waals surface area contributed by atoms with Crippen molar-refractivity contribution in [3.05, 3.63) is 15.6 Å². The fourth-order valence-electron chi connectivity index (χ4n) is 1.35. The Balaban J connectivity index is 3.14. The number of carbonyl (C=O) groups excluding carboxylic acids is 1. The Hall–Kier alpha value is -0.990. The number of nitrogens with zero attached hydrogens (tertiary/aromatic N) is 1. The Morgan fingerprint density at radius 1 is 1.50 bits per heavy atom. The standard InChI is InChI=1S/C10H17N3O3S2/c1-4-18(15,16)5-7-12-8(6(2)3)9(17-7)10(14)13-11/h6H,4-5,11H2,1-3H3,(H,13,14). The number of nitrogen functional groups attached to an aromatic ring is 1. The predicted octanol–water partition coefficient (Wildman–Crippen LogP) is 0.805. The van der Waals surface area contributed by atoms with Crippen LogP contribution in [0.3, 0.4) is 0 Å². The van der Waals surface area contributed by atoms with Gasteiger partial charge in [0.25, 0.3) is 5.91 Å². The van der Waals surface area contributed by atoms with E-state index in [1.165, 1.54) is 0 Å².